The molecular formula is C14H23BrN2. The third kappa shape index (κ3) is 6.18. The fourth-order valence-corrected chi connectivity index (χ4v) is 2.28. The van der Waals surface area contributed by atoms with Gasteiger partial charge < -0.3 is 5.32 Å². The van der Waals surface area contributed by atoms with Crippen LogP contribution in [0.5, 0.6) is 0 Å². The highest BCUT2D eigenvalue weighted by Gasteiger charge is 2.09. The number of aromatic nitrogens is 1. The molecule has 2 unspecified atom stereocenters. The van der Waals surface area contributed by atoms with E-state index in [0.717, 1.165) is 17.4 Å². The summed E-state index contributed by atoms with van der Waals surface area (Å²) in [5, 5.41) is 3.53. The Morgan fingerprint density at radius 3 is 2.71 bits per heavy atom. The molecule has 0 fully saturated rings. The van der Waals surface area contributed by atoms with E-state index < -0.39 is 0 Å². The second-order valence-corrected chi connectivity index (χ2v) is 5.78. The van der Waals surface area contributed by atoms with Crippen LogP contribution < -0.4 is 5.32 Å². The number of rotatable bonds is 7. The van der Waals surface area contributed by atoms with Crippen molar-refractivity contribution in [2.45, 2.75) is 46.1 Å². The van der Waals surface area contributed by atoms with Gasteiger partial charge in [-0.25, -0.2) is 0 Å². The summed E-state index contributed by atoms with van der Waals surface area (Å²) >= 11 is 3.41. The van der Waals surface area contributed by atoms with E-state index in [1.165, 1.54) is 18.5 Å². The molecule has 2 nitrogen and oxygen atoms in total. The number of nitrogens with zero attached hydrogens (tertiary/aromatic N) is 1. The van der Waals surface area contributed by atoms with E-state index in [9.17, 15) is 0 Å². The van der Waals surface area contributed by atoms with Crippen LogP contribution in [0.2, 0.25) is 0 Å². The average molecular weight is 299 g/mol. The number of hydrogen-bond donors (Lipinski definition) is 1. The third-order valence-electron chi connectivity index (χ3n) is 2.84. The fourth-order valence-electron chi connectivity index (χ4n) is 2.05. The summed E-state index contributed by atoms with van der Waals surface area (Å²) in [4.78, 5) is 4.42. The van der Waals surface area contributed by atoms with Crippen LogP contribution in [0.3, 0.4) is 0 Å². The second kappa shape index (κ2) is 7.83. The summed E-state index contributed by atoms with van der Waals surface area (Å²) in [6, 6.07) is 4.76. The molecule has 0 amide bonds. The molecule has 96 valence electrons. The van der Waals surface area contributed by atoms with Crippen LogP contribution in [-0.2, 0) is 6.42 Å². The van der Waals surface area contributed by atoms with Crippen molar-refractivity contribution in [2.24, 2.45) is 5.92 Å². The topological polar surface area (TPSA) is 24.9 Å². The van der Waals surface area contributed by atoms with Crippen LogP contribution in [0, 0.1) is 5.92 Å². The van der Waals surface area contributed by atoms with E-state index in [-0.39, 0.29) is 0 Å². The molecule has 17 heavy (non-hydrogen) atoms. The lowest BCUT2D eigenvalue weighted by Crippen LogP contribution is -2.28. The van der Waals surface area contributed by atoms with Gasteiger partial charge in [0.25, 0.3) is 0 Å². The Bertz CT molecular complexity index is 311. The molecule has 1 rings (SSSR count). The SMILES string of the molecule is CCCNC(C)CC(C)Cc1ccc(Br)cn1. The van der Waals surface area contributed by atoms with E-state index in [2.05, 4.69) is 59.1 Å². The third-order valence-corrected chi connectivity index (χ3v) is 3.31. The summed E-state index contributed by atoms with van der Waals surface area (Å²) in [6.45, 7) is 7.88. The molecule has 0 aromatic carbocycles. The highest BCUT2D eigenvalue weighted by Crippen LogP contribution is 2.14. The zero-order valence-electron chi connectivity index (χ0n) is 11.0. The van der Waals surface area contributed by atoms with Crippen LogP contribution in [0.4, 0.5) is 0 Å². The maximum Gasteiger partial charge on any atom is 0.0413 e. The second-order valence-electron chi connectivity index (χ2n) is 4.87. The number of hydrogen-bond acceptors (Lipinski definition) is 2. The predicted molar refractivity (Wildman–Crippen MR) is 77.2 cm³/mol. The summed E-state index contributed by atoms with van der Waals surface area (Å²) in [7, 11) is 0. The number of halogens is 1. The van der Waals surface area contributed by atoms with E-state index in [1.807, 2.05) is 6.20 Å². The van der Waals surface area contributed by atoms with Crippen LogP contribution in [-0.4, -0.2) is 17.6 Å². The first-order chi connectivity index (χ1) is 8.11. The summed E-state index contributed by atoms with van der Waals surface area (Å²) < 4.78 is 1.05. The lowest BCUT2D eigenvalue weighted by molar-refractivity contribution is 0.417. The zero-order chi connectivity index (χ0) is 12.7. The van der Waals surface area contributed by atoms with Crippen molar-refractivity contribution >= 4 is 15.9 Å². The highest BCUT2D eigenvalue weighted by atomic mass is 79.9. The molecule has 1 N–H and O–H groups in total. The van der Waals surface area contributed by atoms with Gasteiger partial charge >= 0.3 is 0 Å². The summed E-state index contributed by atoms with van der Waals surface area (Å²) in [6.07, 6.45) is 5.34. The molecule has 0 radical (unpaired) electrons. The van der Waals surface area contributed by atoms with Crippen molar-refractivity contribution in [3.05, 3.63) is 28.5 Å². The minimum absolute atomic E-state index is 0.598. The van der Waals surface area contributed by atoms with Gasteiger partial charge in [-0.3, -0.25) is 4.98 Å². The largest absolute Gasteiger partial charge is 0.314 e. The monoisotopic (exact) mass is 298 g/mol. The van der Waals surface area contributed by atoms with Gasteiger partial charge in [0.1, 0.15) is 0 Å². The Morgan fingerprint density at radius 2 is 2.12 bits per heavy atom. The Balaban J connectivity index is 2.33. The molecule has 0 saturated heterocycles. The first kappa shape index (κ1) is 14.7. The molecule has 0 bridgehead atoms. The molecule has 2 atom stereocenters. The smallest absolute Gasteiger partial charge is 0.0413 e. The normalized spacial score (nSPS) is 14.6. The summed E-state index contributed by atoms with van der Waals surface area (Å²) in [5.74, 6) is 0.669. The molecule has 3 heteroatoms. The minimum Gasteiger partial charge on any atom is -0.314 e. The van der Waals surface area contributed by atoms with Gasteiger partial charge in [0.05, 0.1) is 0 Å². The van der Waals surface area contributed by atoms with Gasteiger partial charge in [-0.05, 0) is 66.7 Å². The molecular weight excluding hydrogens is 276 g/mol. The molecule has 0 aliphatic carbocycles. The fraction of sp³-hybridized carbons (Fsp3) is 0.643. The van der Waals surface area contributed by atoms with Gasteiger partial charge in [-0.1, -0.05) is 13.8 Å². The van der Waals surface area contributed by atoms with Gasteiger partial charge in [-0.15, -0.1) is 0 Å². The molecule has 1 aromatic rings. The van der Waals surface area contributed by atoms with Crippen molar-refractivity contribution in [3.8, 4) is 0 Å². The van der Waals surface area contributed by atoms with Crippen LogP contribution in [0.25, 0.3) is 0 Å². The Morgan fingerprint density at radius 1 is 1.35 bits per heavy atom. The molecule has 1 heterocycles. The molecule has 0 spiro atoms. The minimum atomic E-state index is 0.598. The van der Waals surface area contributed by atoms with Crippen molar-refractivity contribution in [1.29, 1.82) is 0 Å². The standard InChI is InChI=1S/C14H23BrN2/c1-4-7-16-12(3)8-11(2)9-14-6-5-13(15)10-17-14/h5-6,10-12,16H,4,7-9H2,1-3H3. The van der Waals surface area contributed by atoms with Crippen molar-refractivity contribution < 1.29 is 0 Å². The van der Waals surface area contributed by atoms with E-state index in [1.54, 1.807) is 0 Å². The zero-order valence-corrected chi connectivity index (χ0v) is 12.6. The number of pyridine rings is 1. The van der Waals surface area contributed by atoms with Gasteiger partial charge in [0, 0.05) is 22.4 Å². The Kier molecular flexibility index (Phi) is 6.75. The number of nitrogens with one attached hydrogen (secondary N) is 1. The van der Waals surface area contributed by atoms with E-state index in [4.69, 9.17) is 0 Å². The Hall–Kier alpha value is -0.410. The van der Waals surface area contributed by atoms with Crippen LogP contribution in [0.1, 0.15) is 39.3 Å². The van der Waals surface area contributed by atoms with Gasteiger partial charge in [0.15, 0.2) is 0 Å². The van der Waals surface area contributed by atoms with Gasteiger partial charge in [0.2, 0.25) is 0 Å². The lowest BCUT2D eigenvalue weighted by Gasteiger charge is -2.18. The molecule has 1 aromatic heterocycles. The maximum absolute atomic E-state index is 4.42. The van der Waals surface area contributed by atoms with Crippen molar-refractivity contribution in [1.82, 2.24) is 10.3 Å². The van der Waals surface area contributed by atoms with Crippen molar-refractivity contribution in [3.63, 3.8) is 0 Å². The first-order valence-electron chi connectivity index (χ1n) is 6.45. The summed E-state index contributed by atoms with van der Waals surface area (Å²) in [5.41, 5.74) is 1.18. The lowest BCUT2D eigenvalue weighted by atomic mass is 9.97. The van der Waals surface area contributed by atoms with Crippen LogP contribution in [0.15, 0.2) is 22.8 Å². The van der Waals surface area contributed by atoms with E-state index in [0.29, 0.717) is 12.0 Å². The van der Waals surface area contributed by atoms with Gasteiger partial charge in [-0.2, -0.15) is 0 Å². The first-order valence-corrected chi connectivity index (χ1v) is 7.25. The molecule has 0 saturated carbocycles. The molecule has 0 aliphatic heterocycles. The van der Waals surface area contributed by atoms with Crippen molar-refractivity contribution in [2.75, 3.05) is 6.54 Å². The average Bonchev–Trinajstić information content (AvgIpc) is 2.29. The quantitative estimate of drug-likeness (QED) is 0.828. The van der Waals surface area contributed by atoms with E-state index >= 15 is 0 Å². The maximum atomic E-state index is 4.42. The predicted octanol–water partition coefficient (Wildman–Crippen LogP) is 3.80. The highest BCUT2D eigenvalue weighted by molar-refractivity contribution is 9.10. The Labute approximate surface area is 113 Å². The van der Waals surface area contributed by atoms with Crippen LogP contribution >= 0.6 is 15.9 Å². The molecule has 0 aliphatic rings.